The zero-order valence-electron chi connectivity index (χ0n) is 16.7. The summed E-state index contributed by atoms with van der Waals surface area (Å²) in [4.78, 5) is 28.2. The summed E-state index contributed by atoms with van der Waals surface area (Å²) in [5.74, 6) is -0.628. The van der Waals surface area contributed by atoms with E-state index >= 15 is 0 Å². The fourth-order valence-corrected chi connectivity index (χ4v) is 4.80. The minimum Gasteiger partial charge on any atom is -0.455 e. The number of rotatable bonds is 7. The van der Waals surface area contributed by atoms with Crippen LogP contribution >= 0.6 is 0 Å². The molecule has 160 valence electrons. The fraction of sp³-hybridized carbons (Fsp3) is 0.381. The van der Waals surface area contributed by atoms with Crippen LogP contribution in [0.15, 0.2) is 58.9 Å². The SMILES string of the molecule is C=CCN(CC=C)C(=O)COC(=O)C1CCN(C2=NS(=O)(=O)c3ccccc32)CC1. The molecular formula is C21H25N3O5S. The Labute approximate surface area is 176 Å². The van der Waals surface area contributed by atoms with E-state index in [1.165, 1.54) is 4.90 Å². The van der Waals surface area contributed by atoms with Gasteiger partial charge in [0.15, 0.2) is 12.4 Å². The number of ether oxygens (including phenoxy) is 1. The second kappa shape index (κ2) is 9.25. The van der Waals surface area contributed by atoms with Gasteiger partial charge in [-0.1, -0.05) is 24.3 Å². The van der Waals surface area contributed by atoms with Crippen LogP contribution in [0.1, 0.15) is 18.4 Å². The highest BCUT2D eigenvalue weighted by molar-refractivity contribution is 7.90. The molecule has 0 spiro atoms. The molecule has 0 aliphatic carbocycles. The number of nitrogens with zero attached hydrogens (tertiary/aromatic N) is 3. The van der Waals surface area contributed by atoms with Gasteiger partial charge in [-0.15, -0.1) is 17.6 Å². The van der Waals surface area contributed by atoms with Gasteiger partial charge < -0.3 is 14.5 Å². The topological polar surface area (TPSA) is 96.3 Å². The van der Waals surface area contributed by atoms with Crippen LogP contribution < -0.4 is 0 Å². The number of amidine groups is 1. The van der Waals surface area contributed by atoms with Gasteiger partial charge in [-0.2, -0.15) is 8.42 Å². The van der Waals surface area contributed by atoms with E-state index in [2.05, 4.69) is 17.6 Å². The van der Waals surface area contributed by atoms with E-state index in [0.29, 0.717) is 50.4 Å². The summed E-state index contributed by atoms with van der Waals surface area (Å²) in [6.45, 7) is 8.57. The van der Waals surface area contributed by atoms with Gasteiger partial charge in [-0.3, -0.25) is 9.59 Å². The summed E-state index contributed by atoms with van der Waals surface area (Å²) in [5, 5.41) is 0. The Morgan fingerprint density at radius 1 is 1.17 bits per heavy atom. The molecular weight excluding hydrogens is 406 g/mol. The van der Waals surface area contributed by atoms with E-state index < -0.39 is 16.0 Å². The Kier molecular flexibility index (Phi) is 6.71. The van der Waals surface area contributed by atoms with E-state index in [0.717, 1.165) is 0 Å². The molecule has 1 aromatic carbocycles. The highest BCUT2D eigenvalue weighted by atomic mass is 32.2. The van der Waals surface area contributed by atoms with Gasteiger partial charge >= 0.3 is 5.97 Å². The zero-order chi connectivity index (χ0) is 21.7. The Bertz CT molecular complexity index is 968. The molecule has 0 atom stereocenters. The monoisotopic (exact) mass is 431 g/mol. The molecule has 2 aliphatic rings. The Balaban J connectivity index is 1.55. The average molecular weight is 432 g/mol. The van der Waals surface area contributed by atoms with Crippen molar-refractivity contribution < 1.29 is 22.7 Å². The van der Waals surface area contributed by atoms with E-state index in [9.17, 15) is 18.0 Å². The molecule has 1 aromatic rings. The number of hydrogen-bond acceptors (Lipinski definition) is 6. The van der Waals surface area contributed by atoms with Gasteiger partial charge in [0.05, 0.1) is 5.92 Å². The maximum Gasteiger partial charge on any atom is 0.309 e. The van der Waals surface area contributed by atoms with Gasteiger partial charge in [0.2, 0.25) is 0 Å². The molecule has 1 fully saturated rings. The normalized spacial score (nSPS) is 17.6. The molecule has 0 bridgehead atoms. The van der Waals surface area contributed by atoms with Crippen molar-refractivity contribution in [2.45, 2.75) is 17.7 Å². The number of carbonyl (C=O) groups is 2. The van der Waals surface area contributed by atoms with E-state index in [1.807, 2.05) is 4.90 Å². The summed E-state index contributed by atoms with van der Waals surface area (Å²) in [6, 6.07) is 6.73. The molecule has 2 heterocycles. The Morgan fingerprint density at radius 3 is 2.43 bits per heavy atom. The molecule has 0 aromatic heterocycles. The molecule has 9 heteroatoms. The lowest BCUT2D eigenvalue weighted by Gasteiger charge is -2.32. The number of benzene rings is 1. The van der Waals surface area contributed by atoms with Crippen LogP contribution in [-0.4, -0.2) is 68.7 Å². The van der Waals surface area contributed by atoms with Crippen molar-refractivity contribution in [1.29, 1.82) is 0 Å². The summed E-state index contributed by atoms with van der Waals surface area (Å²) >= 11 is 0. The van der Waals surface area contributed by atoms with Gasteiger partial charge in [0.25, 0.3) is 15.9 Å². The van der Waals surface area contributed by atoms with Gasteiger partial charge in [0, 0.05) is 31.7 Å². The third-order valence-electron chi connectivity index (χ3n) is 5.13. The molecule has 2 aliphatic heterocycles. The predicted octanol–water partition coefficient (Wildman–Crippen LogP) is 1.59. The van der Waals surface area contributed by atoms with Crippen molar-refractivity contribution in [3.05, 3.63) is 55.1 Å². The molecule has 0 N–H and O–H groups in total. The summed E-state index contributed by atoms with van der Waals surface area (Å²) in [7, 11) is -3.67. The minimum absolute atomic E-state index is 0.212. The molecule has 0 radical (unpaired) electrons. The summed E-state index contributed by atoms with van der Waals surface area (Å²) in [6.07, 6.45) is 4.20. The molecule has 1 saturated heterocycles. The van der Waals surface area contributed by atoms with Gasteiger partial charge in [-0.25, -0.2) is 0 Å². The molecule has 30 heavy (non-hydrogen) atoms. The van der Waals surface area contributed by atoms with Gasteiger partial charge in [0.1, 0.15) is 4.90 Å². The summed E-state index contributed by atoms with van der Waals surface area (Å²) in [5.41, 5.74) is 0.591. The number of sulfonamides is 1. The van der Waals surface area contributed by atoms with Crippen LogP contribution in [0.4, 0.5) is 0 Å². The highest BCUT2D eigenvalue weighted by Crippen LogP contribution is 2.29. The number of fused-ring (bicyclic) bond motifs is 1. The molecule has 0 saturated carbocycles. The maximum atomic E-state index is 12.4. The third-order valence-corrected chi connectivity index (χ3v) is 6.46. The second-order valence-corrected chi connectivity index (χ2v) is 8.70. The fourth-order valence-electron chi connectivity index (χ4n) is 3.58. The number of likely N-dealkylation sites (tertiary alicyclic amines) is 1. The van der Waals surface area contributed by atoms with Crippen molar-refractivity contribution >= 4 is 27.7 Å². The van der Waals surface area contributed by atoms with Crippen molar-refractivity contribution in [1.82, 2.24) is 9.80 Å². The predicted molar refractivity (Wildman–Crippen MR) is 112 cm³/mol. The highest BCUT2D eigenvalue weighted by Gasteiger charge is 2.35. The average Bonchev–Trinajstić information content (AvgIpc) is 3.03. The lowest BCUT2D eigenvalue weighted by atomic mass is 9.96. The van der Waals surface area contributed by atoms with E-state index in [1.54, 1.807) is 36.4 Å². The quantitative estimate of drug-likeness (QED) is 0.481. The first kappa shape index (κ1) is 21.8. The van der Waals surface area contributed by atoms with E-state index in [4.69, 9.17) is 4.74 Å². The smallest absolute Gasteiger partial charge is 0.309 e. The van der Waals surface area contributed by atoms with Crippen molar-refractivity contribution in [3.8, 4) is 0 Å². The molecule has 8 nitrogen and oxygen atoms in total. The molecule has 0 unspecified atom stereocenters. The second-order valence-electron chi connectivity index (χ2n) is 7.13. The maximum absolute atomic E-state index is 12.4. The first-order valence-electron chi connectivity index (χ1n) is 9.73. The van der Waals surface area contributed by atoms with Crippen LogP contribution in [0.5, 0.6) is 0 Å². The number of carbonyl (C=O) groups excluding carboxylic acids is 2. The lowest BCUT2D eigenvalue weighted by molar-refractivity contribution is -0.156. The standard InChI is InChI=1S/C21H25N3O5S/c1-3-11-23(12-4-2)19(25)15-29-21(26)16-9-13-24(14-10-16)20-17-7-5-6-8-18(17)30(27,28)22-20/h3-8,16H,1-2,9-15H2. The van der Waals surface area contributed by atoms with Crippen LogP contribution in [0.25, 0.3) is 0 Å². The van der Waals surface area contributed by atoms with Gasteiger partial charge in [-0.05, 0) is 25.0 Å². The molecule has 3 rings (SSSR count). The van der Waals surface area contributed by atoms with Crippen molar-refractivity contribution in [2.24, 2.45) is 10.3 Å². The first-order chi connectivity index (χ1) is 14.4. The van der Waals surface area contributed by atoms with Crippen LogP contribution in [0.3, 0.4) is 0 Å². The first-order valence-corrected chi connectivity index (χ1v) is 11.2. The number of amides is 1. The van der Waals surface area contributed by atoms with Crippen molar-refractivity contribution in [3.63, 3.8) is 0 Å². The molecule has 1 amide bonds. The lowest BCUT2D eigenvalue weighted by Crippen LogP contribution is -2.41. The number of hydrogen-bond donors (Lipinski definition) is 0. The minimum atomic E-state index is -3.67. The van der Waals surface area contributed by atoms with Crippen LogP contribution in [0, 0.1) is 5.92 Å². The van der Waals surface area contributed by atoms with Crippen LogP contribution in [0.2, 0.25) is 0 Å². The zero-order valence-corrected chi connectivity index (χ0v) is 17.5. The Hall–Kier alpha value is -2.94. The third kappa shape index (κ3) is 4.62. The largest absolute Gasteiger partial charge is 0.455 e. The van der Waals surface area contributed by atoms with Crippen molar-refractivity contribution in [2.75, 3.05) is 32.8 Å². The Morgan fingerprint density at radius 2 is 1.80 bits per heavy atom. The summed E-state index contributed by atoms with van der Waals surface area (Å²) < 4.78 is 33.6. The van der Waals surface area contributed by atoms with E-state index in [-0.39, 0.29) is 23.3 Å². The van der Waals surface area contributed by atoms with Crippen LogP contribution in [-0.2, 0) is 24.3 Å². The number of piperidine rings is 1. The number of esters is 1.